The summed E-state index contributed by atoms with van der Waals surface area (Å²) in [5, 5.41) is 5.66. The molecule has 0 saturated heterocycles. The number of carbonyl (C=O) groups is 1. The molecule has 0 atom stereocenters. The van der Waals surface area contributed by atoms with Crippen molar-refractivity contribution in [1.29, 1.82) is 0 Å². The molecule has 3 nitrogen and oxygen atoms in total. The average Bonchev–Trinajstić information content (AvgIpc) is 2.83. The van der Waals surface area contributed by atoms with Crippen LogP contribution in [-0.4, -0.2) is 13.1 Å². The molecular formula is C13H11BrClNO2S. The second-order valence-electron chi connectivity index (χ2n) is 3.77. The van der Waals surface area contributed by atoms with Gasteiger partial charge in [0.25, 0.3) is 0 Å². The maximum Gasteiger partial charge on any atom is 0.339 e. The van der Waals surface area contributed by atoms with Gasteiger partial charge < -0.3 is 10.1 Å². The van der Waals surface area contributed by atoms with Gasteiger partial charge in [0, 0.05) is 27.0 Å². The molecule has 6 heteroatoms. The summed E-state index contributed by atoms with van der Waals surface area (Å²) in [5.41, 5.74) is 1.19. The zero-order valence-corrected chi connectivity index (χ0v) is 13.2. The second kappa shape index (κ2) is 6.41. The van der Waals surface area contributed by atoms with Gasteiger partial charge >= 0.3 is 5.97 Å². The molecule has 0 radical (unpaired) electrons. The van der Waals surface area contributed by atoms with Gasteiger partial charge in [-0.15, -0.1) is 11.3 Å². The summed E-state index contributed by atoms with van der Waals surface area (Å²) in [5.74, 6) is -0.437. The first kappa shape index (κ1) is 14.4. The molecule has 1 aromatic heterocycles. The smallest absolute Gasteiger partial charge is 0.339 e. The van der Waals surface area contributed by atoms with Gasteiger partial charge in [0.05, 0.1) is 17.7 Å². The van der Waals surface area contributed by atoms with E-state index < -0.39 is 5.97 Å². The molecule has 1 N–H and O–H groups in total. The van der Waals surface area contributed by atoms with Crippen LogP contribution in [0, 0.1) is 0 Å². The minimum absolute atomic E-state index is 0.363. The summed E-state index contributed by atoms with van der Waals surface area (Å²) >= 11 is 11.0. The van der Waals surface area contributed by atoms with Crippen molar-refractivity contribution in [2.45, 2.75) is 6.54 Å². The molecule has 0 bridgehead atoms. The first-order valence-electron chi connectivity index (χ1n) is 5.45. The van der Waals surface area contributed by atoms with Crippen LogP contribution in [0.25, 0.3) is 0 Å². The van der Waals surface area contributed by atoms with Crippen LogP contribution in [-0.2, 0) is 11.3 Å². The first-order valence-corrected chi connectivity index (χ1v) is 7.50. The van der Waals surface area contributed by atoms with Crippen LogP contribution in [0.1, 0.15) is 15.2 Å². The number of rotatable bonds is 4. The van der Waals surface area contributed by atoms with Crippen LogP contribution in [0.5, 0.6) is 0 Å². The van der Waals surface area contributed by atoms with Gasteiger partial charge in [-0.1, -0.05) is 11.6 Å². The summed E-state index contributed by atoms with van der Waals surface area (Å²) in [4.78, 5) is 12.7. The molecule has 0 aliphatic rings. The second-order valence-corrected chi connectivity index (χ2v) is 6.09. The lowest BCUT2D eigenvalue weighted by atomic mass is 10.2. The Bertz CT molecular complexity index is 600. The number of methoxy groups -OCH3 is 1. The molecule has 0 aliphatic heterocycles. The number of anilines is 1. The first-order chi connectivity index (χ1) is 9.10. The van der Waals surface area contributed by atoms with E-state index in [2.05, 4.69) is 32.0 Å². The van der Waals surface area contributed by atoms with E-state index in [0.717, 1.165) is 10.2 Å². The van der Waals surface area contributed by atoms with Crippen molar-refractivity contribution in [3.05, 3.63) is 49.6 Å². The summed E-state index contributed by atoms with van der Waals surface area (Å²) in [7, 11) is 1.34. The normalized spacial score (nSPS) is 10.3. The number of esters is 1. The van der Waals surface area contributed by atoms with Crippen LogP contribution < -0.4 is 5.32 Å². The van der Waals surface area contributed by atoms with Crippen molar-refractivity contribution in [1.82, 2.24) is 0 Å². The Labute approximate surface area is 128 Å². The highest BCUT2D eigenvalue weighted by Crippen LogP contribution is 2.24. The number of carbonyl (C=O) groups excluding carboxylic acids is 1. The zero-order chi connectivity index (χ0) is 13.8. The highest BCUT2D eigenvalue weighted by molar-refractivity contribution is 9.10. The quantitative estimate of drug-likeness (QED) is 0.812. The van der Waals surface area contributed by atoms with E-state index in [1.807, 2.05) is 11.4 Å². The van der Waals surface area contributed by atoms with E-state index in [1.165, 1.54) is 12.0 Å². The molecule has 100 valence electrons. The molecule has 19 heavy (non-hydrogen) atoms. The van der Waals surface area contributed by atoms with Crippen molar-refractivity contribution >= 4 is 50.5 Å². The third-order valence-electron chi connectivity index (χ3n) is 2.46. The maximum absolute atomic E-state index is 11.5. The van der Waals surface area contributed by atoms with Gasteiger partial charge in [0.2, 0.25) is 0 Å². The summed E-state index contributed by atoms with van der Waals surface area (Å²) in [6.07, 6.45) is 0. The third kappa shape index (κ3) is 3.72. The Kier molecular flexibility index (Phi) is 4.85. The molecule has 0 amide bonds. The van der Waals surface area contributed by atoms with Crippen molar-refractivity contribution in [3.8, 4) is 0 Å². The molecule has 1 aromatic carbocycles. The Morgan fingerprint density at radius 1 is 1.47 bits per heavy atom. The van der Waals surface area contributed by atoms with Crippen LogP contribution in [0.15, 0.2) is 34.1 Å². The Morgan fingerprint density at radius 3 is 2.89 bits per heavy atom. The van der Waals surface area contributed by atoms with Crippen LogP contribution in [0.2, 0.25) is 5.02 Å². The fourth-order valence-electron chi connectivity index (χ4n) is 1.54. The highest BCUT2D eigenvalue weighted by Gasteiger charge is 2.11. The number of thiophene rings is 1. The van der Waals surface area contributed by atoms with E-state index in [-0.39, 0.29) is 0 Å². The number of hydrogen-bond acceptors (Lipinski definition) is 4. The summed E-state index contributed by atoms with van der Waals surface area (Å²) in [6.45, 7) is 0.693. The molecular weight excluding hydrogens is 350 g/mol. The molecule has 0 fully saturated rings. The number of hydrogen-bond donors (Lipinski definition) is 1. The molecule has 0 aliphatic carbocycles. The molecule has 0 saturated carbocycles. The lowest BCUT2D eigenvalue weighted by molar-refractivity contribution is 0.0601. The largest absolute Gasteiger partial charge is 0.465 e. The summed E-state index contributed by atoms with van der Waals surface area (Å²) in [6, 6.07) is 7.25. The van der Waals surface area contributed by atoms with Crippen molar-refractivity contribution in [2.24, 2.45) is 0 Å². The predicted octanol–water partition coefficient (Wildman–Crippen LogP) is 4.56. The Morgan fingerprint density at radius 2 is 2.26 bits per heavy atom. The fraction of sp³-hybridized carbons (Fsp3) is 0.154. The average molecular weight is 361 g/mol. The lowest BCUT2D eigenvalue weighted by Gasteiger charge is -2.08. The minimum Gasteiger partial charge on any atom is -0.465 e. The number of benzene rings is 1. The van der Waals surface area contributed by atoms with E-state index >= 15 is 0 Å². The molecule has 2 aromatic rings. The third-order valence-corrected chi connectivity index (χ3v) is 4.49. The van der Waals surface area contributed by atoms with Gasteiger partial charge in [-0.3, -0.25) is 0 Å². The van der Waals surface area contributed by atoms with Gasteiger partial charge in [-0.05, 0) is 40.2 Å². The maximum atomic E-state index is 11.5. The minimum atomic E-state index is -0.437. The van der Waals surface area contributed by atoms with E-state index in [4.69, 9.17) is 11.6 Å². The van der Waals surface area contributed by atoms with Gasteiger partial charge in [0.15, 0.2) is 0 Å². The molecule has 2 rings (SSSR count). The van der Waals surface area contributed by atoms with Gasteiger partial charge in [-0.2, -0.15) is 0 Å². The van der Waals surface area contributed by atoms with Crippen LogP contribution in [0.3, 0.4) is 0 Å². The van der Waals surface area contributed by atoms with Gasteiger partial charge in [-0.25, -0.2) is 4.79 Å². The van der Waals surface area contributed by atoms with E-state index in [0.29, 0.717) is 17.1 Å². The Hall–Kier alpha value is -1.04. The van der Waals surface area contributed by atoms with Gasteiger partial charge in [0.1, 0.15) is 0 Å². The van der Waals surface area contributed by atoms with E-state index in [9.17, 15) is 4.79 Å². The van der Waals surface area contributed by atoms with Crippen molar-refractivity contribution < 1.29 is 9.53 Å². The Balaban J connectivity index is 2.10. The zero-order valence-electron chi connectivity index (χ0n) is 10.1. The topological polar surface area (TPSA) is 38.3 Å². The van der Waals surface area contributed by atoms with Crippen LogP contribution >= 0.6 is 38.9 Å². The predicted molar refractivity (Wildman–Crippen MR) is 82.1 cm³/mol. The van der Waals surface area contributed by atoms with Crippen LogP contribution in [0.4, 0.5) is 5.69 Å². The van der Waals surface area contributed by atoms with E-state index in [1.54, 1.807) is 23.5 Å². The SMILES string of the molecule is COC(=O)c1cc(NCc2cc(Br)cs2)ccc1Cl. The molecule has 0 spiro atoms. The fourth-order valence-corrected chi connectivity index (χ4v) is 3.12. The monoisotopic (exact) mass is 359 g/mol. The molecule has 1 heterocycles. The number of halogens is 2. The number of nitrogens with one attached hydrogen (secondary N) is 1. The summed E-state index contributed by atoms with van der Waals surface area (Å²) < 4.78 is 5.75. The van der Waals surface area contributed by atoms with Crippen molar-refractivity contribution in [3.63, 3.8) is 0 Å². The molecule has 0 unspecified atom stereocenters. The number of ether oxygens (including phenoxy) is 1. The van der Waals surface area contributed by atoms with Crippen molar-refractivity contribution in [2.75, 3.05) is 12.4 Å². The highest BCUT2D eigenvalue weighted by atomic mass is 79.9. The lowest BCUT2D eigenvalue weighted by Crippen LogP contribution is -2.04. The standard InChI is InChI=1S/C13H11BrClNO2S/c1-18-13(17)11-5-9(2-3-12(11)15)16-6-10-4-8(14)7-19-10/h2-5,7,16H,6H2,1H3.